The molecule has 4 heteroatoms. The Morgan fingerprint density at radius 1 is 1.42 bits per heavy atom. The maximum Gasteiger partial charge on any atom is 0.254 e. The zero-order valence-corrected chi connectivity index (χ0v) is 13.1. The predicted octanol–water partition coefficient (Wildman–Crippen LogP) is 3.26. The standard InChI is InChI=1S/C15H20BrNO2/c1-11(2)19-13-5-4-12-6-9-17(8-3-7-16)15(18)14(12)10-13/h4-5,10-11H,3,6-9H2,1-2H3. The van der Waals surface area contributed by atoms with Crippen molar-refractivity contribution in [1.29, 1.82) is 0 Å². The number of hydrogen-bond donors (Lipinski definition) is 0. The molecule has 1 amide bonds. The van der Waals surface area contributed by atoms with Crippen LogP contribution in [0, 0.1) is 0 Å². The summed E-state index contributed by atoms with van der Waals surface area (Å²) in [5.74, 6) is 0.917. The van der Waals surface area contributed by atoms with Crippen LogP contribution in [0.25, 0.3) is 0 Å². The molecule has 0 atom stereocenters. The number of ether oxygens (including phenoxy) is 1. The lowest BCUT2D eigenvalue weighted by Crippen LogP contribution is -2.38. The minimum Gasteiger partial charge on any atom is -0.491 e. The van der Waals surface area contributed by atoms with Crippen LogP contribution in [0.2, 0.25) is 0 Å². The monoisotopic (exact) mass is 325 g/mol. The van der Waals surface area contributed by atoms with Gasteiger partial charge < -0.3 is 9.64 Å². The number of alkyl halides is 1. The zero-order chi connectivity index (χ0) is 13.8. The SMILES string of the molecule is CC(C)Oc1ccc2c(c1)C(=O)N(CCCBr)CC2. The van der Waals surface area contributed by atoms with Crippen molar-refractivity contribution in [2.75, 3.05) is 18.4 Å². The van der Waals surface area contributed by atoms with E-state index in [1.807, 2.05) is 36.9 Å². The van der Waals surface area contributed by atoms with E-state index in [-0.39, 0.29) is 12.0 Å². The molecular formula is C15H20BrNO2. The predicted molar refractivity (Wildman–Crippen MR) is 80.2 cm³/mol. The van der Waals surface area contributed by atoms with E-state index in [0.29, 0.717) is 0 Å². The molecule has 1 aliphatic rings. The van der Waals surface area contributed by atoms with Crippen LogP contribution in [0.3, 0.4) is 0 Å². The first kappa shape index (κ1) is 14.4. The average molecular weight is 326 g/mol. The Morgan fingerprint density at radius 2 is 2.21 bits per heavy atom. The highest BCUT2D eigenvalue weighted by Gasteiger charge is 2.24. The van der Waals surface area contributed by atoms with Crippen molar-refractivity contribution in [2.45, 2.75) is 32.8 Å². The summed E-state index contributed by atoms with van der Waals surface area (Å²) in [4.78, 5) is 14.3. The number of fused-ring (bicyclic) bond motifs is 1. The largest absolute Gasteiger partial charge is 0.491 e. The number of nitrogens with zero attached hydrogens (tertiary/aromatic N) is 1. The maximum atomic E-state index is 12.4. The average Bonchev–Trinajstić information content (AvgIpc) is 2.38. The molecule has 1 aliphatic heterocycles. The summed E-state index contributed by atoms with van der Waals surface area (Å²) >= 11 is 3.41. The lowest BCUT2D eigenvalue weighted by molar-refractivity contribution is 0.0739. The van der Waals surface area contributed by atoms with Gasteiger partial charge in [-0.25, -0.2) is 0 Å². The number of halogens is 1. The van der Waals surface area contributed by atoms with Gasteiger partial charge in [0.05, 0.1) is 6.10 Å². The Balaban J connectivity index is 2.18. The van der Waals surface area contributed by atoms with Gasteiger partial charge in [-0.05, 0) is 44.4 Å². The van der Waals surface area contributed by atoms with Crippen molar-refractivity contribution in [3.05, 3.63) is 29.3 Å². The van der Waals surface area contributed by atoms with E-state index >= 15 is 0 Å². The van der Waals surface area contributed by atoms with Gasteiger partial charge >= 0.3 is 0 Å². The number of carbonyl (C=O) groups excluding carboxylic acids is 1. The quantitative estimate of drug-likeness (QED) is 0.778. The van der Waals surface area contributed by atoms with Gasteiger partial charge in [-0.15, -0.1) is 0 Å². The summed E-state index contributed by atoms with van der Waals surface area (Å²) < 4.78 is 5.67. The lowest BCUT2D eigenvalue weighted by atomic mass is 9.98. The lowest BCUT2D eigenvalue weighted by Gasteiger charge is -2.28. The first-order valence-electron chi connectivity index (χ1n) is 6.76. The molecule has 0 saturated heterocycles. The maximum absolute atomic E-state index is 12.4. The van der Waals surface area contributed by atoms with Gasteiger partial charge in [0, 0.05) is 24.0 Å². The summed E-state index contributed by atoms with van der Waals surface area (Å²) in [5, 5.41) is 0.931. The fourth-order valence-electron chi connectivity index (χ4n) is 2.31. The van der Waals surface area contributed by atoms with E-state index in [1.54, 1.807) is 0 Å². The van der Waals surface area contributed by atoms with E-state index in [1.165, 1.54) is 0 Å². The number of hydrogen-bond acceptors (Lipinski definition) is 2. The second kappa shape index (κ2) is 6.42. The van der Waals surface area contributed by atoms with Gasteiger partial charge in [-0.2, -0.15) is 0 Å². The molecule has 0 unspecified atom stereocenters. The molecule has 1 aromatic rings. The molecule has 104 valence electrons. The van der Waals surface area contributed by atoms with Gasteiger partial charge in [0.15, 0.2) is 0 Å². The molecule has 0 saturated carbocycles. The first-order valence-corrected chi connectivity index (χ1v) is 7.89. The Labute approximate surface area is 123 Å². The van der Waals surface area contributed by atoms with E-state index < -0.39 is 0 Å². The van der Waals surface area contributed by atoms with E-state index in [4.69, 9.17) is 4.74 Å². The van der Waals surface area contributed by atoms with Crippen LogP contribution in [0.1, 0.15) is 36.2 Å². The molecule has 0 spiro atoms. The minimum atomic E-state index is 0.126. The number of rotatable bonds is 5. The second-order valence-corrected chi connectivity index (χ2v) is 5.86. The van der Waals surface area contributed by atoms with Crippen molar-refractivity contribution in [3.8, 4) is 5.75 Å². The van der Waals surface area contributed by atoms with Gasteiger partial charge in [0.1, 0.15) is 5.75 Å². The first-order chi connectivity index (χ1) is 9.11. The van der Waals surface area contributed by atoms with Crippen molar-refractivity contribution in [1.82, 2.24) is 4.90 Å². The third-order valence-corrected chi connectivity index (χ3v) is 3.74. The third kappa shape index (κ3) is 3.50. The topological polar surface area (TPSA) is 29.5 Å². The normalized spacial score (nSPS) is 14.7. The highest BCUT2D eigenvalue weighted by Crippen LogP contribution is 2.24. The van der Waals surface area contributed by atoms with Crippen molar-refractivity contribution < 1.29 is 9.53 Å². The molecule has 3 nitrogen and oxygen atoms in total. The molecule has 2 rings (SSSR count). The molecule has 0 bridgehead atoms. The van der Waals surface area contributed by atoms with Gasteiger partial charge in [0.25, 0.3) is 5.91 Å². The molecule has 0 fully saturated rings. The second-order valence-electron chi connectivity index (χ2n) is 5.07. The number of amides is 1. The number of carbonyl (C=O) groups is 1. The smallest absolute Gasteiger partial charge is 0.254 e. The molecular weight excluding hydrogens is 306 g/mol. The van der Waals surface area contributed by atoms with E-state index in [9.17, 15) is 4.79 Å². The van der Waals surface area contributed by atoms with Crippen LogP contribution in [0.5, 0.6) is 5.75 Å². The molecule has 19 heavy (non-hydrogen) atoms. The molecule has 0 N–H and O–H groups in total. The van der Waals surface area contributed by atoms with Crippen LogP contribution in [0.15, 0.2) is 18.2 Å². The fourth-order valence-corrected chi connectivity index (χ4v) is 2.56. The highest BCUT2D eigenvalue weighted by molar-refractivity contribution is 9.09. The fraction of sp³-hybridized carbons (Fsp3) is 0.533. The summed E-state index contributed by atoms with van der Waals surface area (Å²) in [7, 11) is 0. The molecule has 1 heterocycles. The van der Waals surface area contributed by atoms with Crippen LogP contribution < -0.4 is 4.74 Å². The highest BCUT2D eigenvalue weighted by atomic mass is 79.9. The van der Waals surface area contributed by atoms with E-state index in [0.717, 1.165) is 48.1 Å². The summed E-state index contributed by atoms with van der Waals surface area (Å²) in [6, 6.07) is 5.87. The Morgan fingerprint density at radius 3 is 2.89 bits per heavy atom. The minimum absolute atomic E-state index is 0.126. The molecule has 0 aromatic heterocycles. The Kier molecular flexibility index (Phi) is 4.86. The Hall–Kier alpha value is -1.03. The number of benzene rings is 1. The van der Waals surface area contributed by atoms with Crippen LogP contribution in [0.4, 0.5) is 0 Å². The van der Waals surface area contributed by atoms with Crippen LogP contribution in [-0.2, 0) is 6.42 Å². The summed E-state index contributed by atoms with van der Waals surface area (Å²) in [6.45, 7) is 5.62. The van der Waals surface area contributed by atoms with Crippen molar-refractivity contribution >= 4 is 21.8 Å². The van der Waals surface area contributed by atoms with Crippen molar-refractivity contribution in [3.63, 3.8) is 0 Å². The van der Waals surface area contributed by atoms with Crippen LogP contribution in [-0.4, -0.2) is 35.3 Å². The van der Waals surface area contributed by atoms with Gasteiger partial charge in [0.2, 0.25) is 0 Å². The van der Waals surface area contributed by atoms with Gasteiger partial charge in [-0.3, -0.25) is 4.79 Å². The Bertz CT molecular complexity index is 459. The molecule has 0 aliphatic carbocycles. The zero-order valence-electron chi connectivity index (χ0n) is 11.5. The van der Waals surface area contributed by atoms with Gasteiger partial charge in [-0.1, -0.05) is 22.0 Å². The third-order valence-electron chi connectivity index (χ3n) is 3.18. The van der Waals surface area contributed by atoms with Crippen LogP contribution >= 0.6 is 15.9 Å². The summed E-state index contributed by atoms with van der Waals surface area (Å²) in [6.07, 6.45) is 2.05. The molecule has 1 aromatic carbocycles. The van der Waals surface area contributed by atoms with Crippen molar-refractivity contribution in [2.24, 2.45) is 0 Å². The van der Waals surface area contributed by atoms with E-state index in [2.05, 4.69) is 15.9 Å². The molecule has 0 radical (unpaired) electrons. The summed E-state index contributed by atoms with van der Waals surface area (Å²) in [5.41, 5.74) is 1.94.